The number of hydrogen-bond acceptors (Lipinski definition) is 8. The number of aromatic nitrogens is 3. The highest BCUT2D eigenvalue weighted by Crippen LogP contribution is 2.46. The zero-order chi connectivity index (χ0) is 29.5. The highest BCUT2D eigenvalue weighted by molar-refractivity contribution is 7.22. The number of aliphatic hydroxyl groups excluding tert-OH is 1. The van der Waals surface area contributed by atoms with E-state index in [1.165, 1.54) is 23.3 Å². The highest BCUT2D eigenvalue weighted by atomic mass is 35.5. The average molecular weight is 603 g/mol. The van der Waals surface area contributed by atoms with Crippen molar-refractivity contribution in [1.82, 2.24) is 14.4 Å². The van der Waals surface area contributed by atoms with E-state index >= 15 is 0 Å². The van der Waals surface area contributed by atoms with Gasteiger partial charge in [0, 0.05) is 11.2 Å². The van der Waals surface area contributed by atoms with E-state index in [-0.39, 0.29) is 11.3 Å². The molecule has 1 atom stereocenters. The number of rotatable bonds is 8. The van der Waals surface area contributed by atoms with Crippen LogP contribution in [0.5, 0.6) is 11.5 Å². The topological polar surface area (TPSA) is 106 Å². The van der Waals surface area contributed by atoms with E-state index in [4.69, 9.17) is 21.1 Å². The molecule has 4 heterocycles. The first-order chi connectivity index (χ1) is 20.3. The molecule has 2 aromatic carbocycles. The first kappa shape index (κ1) is 27.7. The largest absolute Gasteiger partial charge is 0.505 e. The molecule has 1 saturated heterocycles. The van der Waals surface area contributed by atoms with Crippen LogP contribution in [0.4, 0.5) is 5.13 Å². The fourth-order valence-electron chi connectivity index (χ4n) is 5.16. The van der Waals surface area contributed by atoms with Gasteiger partial charge in [0.15, 0.2) is 22.4 Å². The van der Waals surface area contributed by atoms with Gasteiger partial charge in [-0.1, -0.05) is 48.4 Å². The molecular formula is C31H27ClN4O5S. The molecule has 1 fully saturated rings. The number of pyridine rings is 1. The molecule has 11 heteroatoms. The van der Waals surface area contributed by atoms with Gasteiger partial charge in [-0.2, -0.15) is 0 Å². The number of methoxy groups -OCH3 is 1. The minimum atomic E-state index is -1.01. The molecule has 1 aliphatic heterocycles. The number of fused-ring (bicyclic) bond motifs is 2. The summed E-state index contributed by atoms with van der Waals surface area (Å²) >= 11 is 7.45. The molecule has 0 radical (unpaired) electrons. The molecule has 214 valence electrons. The number of unbranched alkanes of at least 4 members (excludes halogenated alkanes) is 1. The Morgan fingerprint density at radius 2 is 1.93 bits per heavy atom. The van der Waals surface area contributed by atoms with Crippen LogP contribution in [-0.4, -0.2) is 44.9 Å². The van der Waals surface area contributed by atoms with Gasteiger partial charge in [-0.15, -0.1) is 0 Å². The predicted molar refractivity (Wildman–Crippen MR) is 163 cm³/mol. The third-order valence-electron chi connectivity index (χ3n) is 7.18. The first-order valence-electron chi connectivity index (χ1n) is 13.4. The molecule has 42 heavy (non-hydrogen) atoms. The number of nitrogens with zero attached hydrogens (tertiary/aromatic N) is 4. The smallest absolute Gasteiger partial charge is 0.301 e. The van der Waals surface area contributed by atoms with E-state index in [1.807, 2.05) is 6.07 Å². The third-order valence-corrected chi connectivity index (χ3v) is 8.43. The van der Waals surface area contributed by atoms with Crippen molar-refractivity contribution in [2.45, 2.75) is 32.7 Å². The molecule has 0 saturated carbocycles. The van der Waals surface area contributed by atoms with Gasteiger partial charge in [0.2, 0.25) is 0 Å². The number of amides is 1. The standard InChI is InChI=1S/C31H27ClN4O5S/c1-4-5-14-41-21-12-9-18(15-22(21)40-3)27-25(28(37)26-17(2)33-24-8-6-7-13-35(24)26)29(38)30(39)36(27)31-34-20-11-10-19(32)16-23(20)42-31/h6-13,15-16,27,37H,4-5,14H2,1-3H3. The molecule has 0 aliphatic carbocycles. The maximum absolute atomic E-state index is 13.8. The summed E-state index contributed by atoms with van der Waals surface area (Å²) in [7, 11) is 1.53. The fraction of sp³-hybridized carbons (Fsp3) is 0.226. The van der Waals surface area contributed by atoms with Crippen molar-refractivity contribution >= 4 is 61.4 Å². The first-order valence-corrected chi connectivity index (χ1v) is 14.6. The van der Waals surface area contributed by atoms with Crippen LogP contribution in [0.15, 0.2) is 66.4 Å². The lowest BCUT2D eigenvalue weighted by Gasteiger charge is -2.24. The van der Waals surface area contributed by atoms with E-state index in [0.717, 1.165) is 17.5 Å². The quantitative estimate of drug-likeness (QED) is 0.0909. The van der Waals surface area contributed by atoms with Crippen LogP contribution in [-0.2, 0) is 9.59 Å². The zero-order valence-corrected chi connectivity index (χ0v) is 24.7. The van der Waals surface area contributed by atoms with Crippen LogP contribution >= 0.6 is 22.9 Å². The summed E-state index contributed by atoms with van der Waals surface area (Å²) < 4.78 is 14.0. The van der Waals surface area contributed by atoms with E-state index in [1.54, 1.807) is 66.1 Å². The number of thiazole rings is 1. The summed E-state index contributed by atoms with van der Waals surface area (Å²) in [5.74, 6) is -0.985. The second kappa shape index (κ2) is 11.1. The van der Waals surface area contributed by atoms with Crippen molar-refractivity contribution in [3.63, 3.8) is 0 Å². The van der Waals surface area contributed by atoms with Gasteiger partial charge in [0.25, 0.3) is 5.78 Å². The number of halogens is 1. The Hall–Kier alpha value is -4.41. The average Bonchev–Trinajstić information content (AvgIpc) is 3.63. The molecule has 1 unspecified atom stereocenters. The van der Waals surface area contributed by atoms with Gasteiger partial charge in [0.1, 0.15) is 11.3 Å². The van der Waals surface area contributed by atoms with Crippen molar-refractivity contribution in [3.05, 3.63) is 88.3 Å². The van der Waals surface area contributed by atoms with Crippen LogP contribution in [0.3, 0.4) is 0 Å². The van der Waals surface area contributed by atoms with Gasteiger partial charge < -0.3 is 14.6 Å². The summed E-state index contributed by atoms with van der Waals surface area (Å²) in [5, 5.41) is 12.6. The van der Waals surface area contributed by atoms with Crippen molar-refractivity contribution in [2.24, 2.45) is 0 Å². The number of carbonyl (C=O) groups is 2. The van der Waals surface area contributed by atoms with Gasteiger partial charge in [-0.05, 0) is 61.4 Å². The summed E-state index contributed by atoms with van der Waals surface area (Å²) in [6.45, 7) is 4.34. The number of aryl methyl sites for hydroxylation is 1. The monoisotopic (exact) mass is 602 g/mol. The molecule has 1 aliphatic rings. The number of anilines is 1. The normalized spacial score (nSPS) is 16.6. The number of ketones is 1. The number of aliphatic hydroxyl groups is 1. The summed E-state index contributed by atoms with van der Waals surface area (Å²) in [6, 6.07) is 14.9. The Labute approximate surface area is 250 Å². The Balaban J connectivity index is 1.57. The molecule has 3 aromatic heterocycles. The Morgan fingerprint density at radius 3 is 2.71 bits per heavy atom. The molecule has 5 aromatic rings. The van der Waals surface area contributed by atoms with Gasteiger partial charge in [-0.3, -0.25) is 18.9 Å². The fourth-order valence-corrected chi connectivity index (χ4v) is 6.43. The molecular weight excluding hydrogens is 576 g/mol. The number of Topliss-reactive ketones (excluding diaryl/α,β-unsaturated/α-hetero) is 1. The lowest BCUT2D eigenvalue weighted by atomic mass is 9.96. The minimum Gasteiger partial charge on any atom is -0.505 e. The van der Waals surface area contributed by atoms with Gasteiger partial charge in [0.05, 0.1) is 41.2 Å². The summed E-state index contributed by atoms with van der Waals surface area (Å²) in [6.07, 6.45) is 3.61. The Morgan fingerprint density at radius 1 is 1.10 bits per heavy atom. The highest BCUT2D eigenvalue weighted by Gasteiger charge is 2.49. The molecule has 1 amide bonds. The van der Waals surface area contributed by atoms with Crippen LogP contribution in [0.1, 0.15) is 42.8 Å². The number of imidazole rings is 1. The van der Waals surface area contributed by atoms with Crippen molar-refractivity contribution in [2.75, 3.05) is 18.6 Å². The summed E-state index contributed by atoms with van der Waals surface area (Å²) in [5.41, 5.74) is 2.54. The molecule has 6 rings (SSSR count). The van der Waals surface area contributed by atoms with Crippen LogP contribution < -0.4 is 14.4 Å². The zero-order valence-electron chi connectivity index (χ0n) is 23.1. The molecule has 9 nitrogen and oxygen atoms in total. The summed E-state index contributed by atoms with van der Waals surface area (Å²) in [4.78, 5) is 38.1. The van der Waals surface area contributed by atoms with Crippen LogP contribution in [0.25, 0.3) is 21.6 Å². The number of hydrogen-bond donors (Lipinski definition) is 1. The maximum atomic E-state index is 13.8. The minimum absolute atomic E-state index is 0.0762. The van der Waals surface area contributed by atoms with Crippen molar-refractivity contribution in [1.29, 1.82) is 0 Å². The van der Waals surface area contributed by atoms with Crippen LogP contribution in [0.2, 0.25) is 5.02 Å². The van der Waals surface area contributed by atoms with Crippen molar-refractivity contribution < 1.29 is 24.2 Å². The number of carbonyl (C=O) groups excluding carboxylic acids is 2. The maximum Gasteiger partial charge on any atom is 0.301 e. The van der Waals surface area contributed by atoms with Crippen molar-refractivity contribution in [3.8, 4) is 11.5 Å². The van der Waals surface area contributed by atoms with Gasteiger partial charge >= 0.3 is 5.91 Å². The number of ether oxygens (including phenoxy) is 2. The second-order valence-corrected chi connectivity index (χ2v) is 11.3. The van der Waals surface area contributed by atoms with E-state index in [9.17, 15) is 14.7 Å². The Bertz CT molecular complexity index is 1900. The van der Waals surface area contributed by atoms with E-state index in [2.05, 4.69) is 16.9 Å². The molecule has 0 bridgehead atoms. The lowest BCUT2D eigenvalue weighted by molar-refractivity contribution is -0.132. The lowest BCUT2D eigenvalue weighted by Crippen LogP contribution is -2.29. The Kier molecular flexibility index (Phi) is 7.34. The third kappa shape index (κ3) is 4.66. The molecule has 0 spiro atoms. The SMILES string of the molecule is CCCCOc1ccc(C2C(=C(O)c3c(C)nc4ccccn34)C(=O)C(=O)N2c2nc3ccc(Cl)cc3s2)cc1OC. The van der Waals surface area contributed by atoms with E-state index in [0.29, 0.717) is 56.4 Å². The van der Waals surface area contributed by atoms with Gasteiger partial charge in [-0.25, -0.2) is 9.97 Å². The molecule has 1 N–H and O–H groups in total. The van der Waals surface area contributed by atoms with Crippen LogP contribution in [0, 0.1) is 6.92 Å². The second-order valence-electron chi connectivity index (χ2n) is 9.86. The van der Waals surface area contributed by atoms with E-state index < -0.39 is 17.7 Å². The predicted octanol–water partition coefficient (Wildman–Crippen LogP) is 6.72. The number of benzene rings is 2.